The predicted molar refractivity (Wildman–Crippen MR) is 168 cm³/mol. The summed E-state index contributed by atoms with van der Waals surface area (Å²) in [7, 11) is 5.43. The van der Waals surface area contributed by atoms with Crippen molar-refractivity contribution in [1.82, 2.24) is 5.32 Å². The summed E-state index contributed by atoms with van der Waals surface area (Å²) in [6.45, 7) is 16.5. The quantitative estimate of drug-likeness (QED) is 0.0714. The average molecular weight is 804 g/mol. The van der Waals surface area contributed by atoms with Gasteiger partial charge in [-0.05, 0) is 12.8 Å². The molecule has 1 heterocycles. The Bertz CT molecular complexity index is 446. The molecule has 1 amide bonds. The Morgan fingerprint density at radius 2 is 1.42 bits per heavy atom. The Hall–Kier alpha value is 1.10. The molecule has 0 aromatic rings. The molecule has 8 heteroatoms. The second-order valence-corrected chi connectivity index (χ2v) is 12.1. The number of unbranched alkanes of at least 4 members (excludes halogenated alkanes) is 9. The van der Waals surface area contributed by atoms with Crippen LogP contribution in [0.25, 0.3) is 0 Å². The van der Waals surface area contributed by atoms with E-state index in [2.05, 4.69) is 33.0 Å². The largest absolute Gasteiger partial charge is 2.00 e. The summed E-state index contributed by atoms with van der Waals surface area (Å²) in [5, 5.41) is 2.98. The summed E-state index contributed by atoms with van der Waals surface area (Å²) >= 11 is 0. The van der Waals surface area contributed by atoms with E-state index in [1.165, 1.54) is 70.0 Å². The number of carbonyl (C=O) groups excluding carboxylic acids is 1. The van der Waals surface area contributed by atoms with Crippen LogP contribution in [0.3, 0.4) is 0 Å². The summed E-state index contributed by atoms with van der Waals surface area (Å²) in [4.78, 5) is 11.9. The van der Waals surface area contributed by atoms with E-state index in [0.717, 1.165) is 12.2 Å². The van der Waals surface area contributed by atoms with Gasteiger partial charge in [-0.15, -0.1) is 0 Å². The van der Waals surface area contributed by atoms with Crippen molar-refractivity contribution >= 4 is 27.5 Å². The molecule has 1 rings (SSSR count). The number of nitrogens with one attached hydrogen (secondary N) is 1. The van der Waals surface area contributed by atoms with Gasteiger partial charge in [0.25, 0.3) is 0 Å². The van der Waals surface area contributed by atoms with Crippen molar-refractivity contribution in [2.24, 2.45) is 5.92 Å². The zero-order valence-electron chi connectivity index (χ0n) is 26.1. The van der Waals surface area contributed by atoms with Crippen molar-refractivity contribution in [2.45, 2.75) is 124 Å². The second-order valence-electron chi connectivity index (χ2n) is 9.39. The molecule has 0 spiro atoms. The van der Waals surface area contributed by atoms with Crippen molar-refractivity contribution < 1.29 is 50.1 Å². The Morgan fingerprint density at radius 3 is 1.97 bits per heavy atom. The van der Waals surface area contributed by atoms with Crippen molar-refractivity contribution in [2.75, 3.05) is 45.0 Å². The van der Waals surface area contributed by atoms with Crippen LogP contribution < -0.4 is 5.32 Å². The predicted octanol–water partition coefficient (Wildman–Crippen LogP) is 8.57. The van der Waals surface area contributed by atoms with Gasteiger partial charge in [0, 0.05) is 38.2 Å². The minimum atomic E-state index is 0. The third-order valence-electron chi connectivity index (χ3n) is 5.33. The maximum absolute atomic E-state index is 11.9. The third-order valence-corrected chi connectivity index (χ3v) is 7.83. The first-order valence-electron chi connectivity index (χ1n) is 14.6. The summed E-state index contributed by atoms with van der Waals surface area (Å²) in [5.74, 6) is 2.81. The molecular formula is C30H63NO4S2U. The molecule has 1 aliphatic heterocycles. The van der Waals surface area contributed by atoms with Crippen LogP contribution in [0.15, 0.2) is 0 Å². The van der Waals surface area contributed by atoms with Gasteiger partial charge in [0.1, 0.15) is 12.2 Å². The maximum Gasteiger partial charge on any atom is 2.00 e. The van der Waals surface area contributed by atoms with Crippen LogP contribution in [0.5, 0.6) is 0 Å². The van der Waals surface area contributed by atoms with Crippen LogP contribution >= 0.6 is 21.6 Å². The van der Waals surface area contributed by atoms with Crippen LogP contribution in [0.1, 0.15) is 112 Å². The molecule has 0 saturated carbocycles. The SMILES string of the molecule is CC.CCCCCCCCCCCCSSCCC(=O)NCCCOC1COCC1OC.[CH2-]C(C)C.[CH3-].[U+2]. The van der Waals surface area contributed by atoms with Gasteiger partial charge in [-0.3, -0.25) is 4.79 Å². The van der Waals surface area contributed by atoms with Gasteiger partial charge in [0.2, 0.25) is 5.91 Å². The zero-order valence-corrected chi connectivity index (χ0v) is 31.9. The van der Waals surface area contributed by atoms with Gasteiger partial charge in [-0.1, -0.05) is 114 Å². The summed E-state index contributed by atoms with van der Waals surface area (Å²) in [5.41, 5.74) is 0. The molecule has 1 N–H and O–H groups in total. The van der Waals surface area contributed by atoms with Crippen LogP contribution in [0.2, 0.25) is 0 Å². The average Bonchev–Trinajstić information content (AvgIpc) is 3.32. The Labute approximate surface area is 270 Å². The number of hydrogen-bond acceptors (Lipinski definition) is 6. The molecule has 0 aromatic carbocycles. The maximum atomic E-state index is 11.9. The van der Waals surface area contributed by atoms with E-state index in [4.69, 9.17) is 14.2 Å². The van der Waals surface area contributed by atoms with Gasteiger partial charge in [-0.25, -0.2) is 0 Å². The van der Waals surface area contributed by atoms with E-state index >= 15 is 0 Å². The van der Waals surface area contributed by atoms with E-state index in [-0.39, 0.29) is 56.7 Å². The van der Waals surface area contributed by atoms with E-state index in [1.54, 1.807) is 7.11 Å². The number of carbonyl (C=O) groups is 1. The van der Waals surface area contributed by atoms with Gasteiger partial charge >= 0.3 is 31.1 Å². The van der Waals surface area contributed by atoms with Crippen molar-refractivity contribution in [3.05, 3.63) is 14.4 Å². The second kappa shape index (κ2) is 38.1. The Morgan fingerprint density at radius 1 is 0.921 bits per heavy atom. The van der Waals surface area contributed by atoms with E-state index < -0.39 is 0 Å². The third kappa shape index (κ3) is 35.1. The molecular weight excluding hydrogens is 740 g/mol. The number of rotatable bonds is 21. The molecule has 5 nitrogen and oxygen atoms in total. The molecule has 1 saturated heterocycles. The first-order chi connectivity index (χ1) is 17.5. The smallest absolute Gasteiger partial charge is 0.376 e. The Kier molecular flexibility index (Phi) is 46.2. The number of ether oxygens (including phenoxy) is 3. The van der Waals surface area contributed by atoms with Gasteiger partial charge in [0.15, 0.2) is 0 Å². The number of amides is 1. The minimum absolute atomic E-state index is 0. The molecule has 2 atom stereocenters. The van der Waals surface area contributed by atoms with E-state index in [1.807, 2.05) is 35.4 Å². The molecule has 2 unspecified atom stereocenters. The molecule has 228 valence electrons. The summed E-state index contributed by atoms with van der Waals surface area (Å²) in [6, 6.07) is 0. The monoisotopic (exact) mass is 803 g/mol. The summed E-state index contributed by atoms with van der Waals surface area (Å²) < 4.78 is 16.4. The molecule has 38 heavy (non-hydrogen) atoms. The molecule has 0 radical (unpaired) electrons. The van der Waals surface area contributed by atoms with Gasteiger partial charge < -0.3 is 33.9 Å². The first kappa shape index (κ1) is 46.1. The first-order valence-corrected chi connectivity index (χ1v) is 17.1. The topological polar surface area (TPSA) is 56.8 Å². The Balaban J connectivity index is -0.000000657. The van der Waals surface area contributed by atoms with Crippen LogP contribution in [0, 0.1) is 51.4 Å². The van der Waals surface area contributed by atoms with Gasteiger partial charge in [-0.2, -0.15) is 5.92 Å². The van der Waals surface area contributed by atoms with Gasteiger partial charge in [0.05, 0.1) is 13.2 Å². The van der Waals surface area contributed by atoms with Crippen molar-refractivity contribution in [3.63, 3.8) is 0 Å². The fourth-order valence-electron chi connectivity index (χ4n) is 3.41. The fourth-order valence-corrected chi connectivity index (χ4v) is 5.55. The van der Waals surface area contributed by atoms with Crippen LogP contribution in [-0.2, 0) is 19.0 Å². The molecule has 0 aromatic heterocycles. The normalized spacial score (nSPS) is 15.9. The van der Waals surface area contributed by atoms with Crippen molar-refractivity contribution in [3.8, 4) is 0 Å². The minimum Gasteiger partial charge on any atom is -0.376 e. The van der Waals surface area contributed by atoms with Crippen LogP contribution in [-0.4, -0.2) is 63.1 Å². The zero-order chi connectivity index (χ0) is 27.3. The van der Waals surface area contributed by atoms with E-state index in [9.17, 15) is 4.79 Å². The van der Waals surface area contributed by atoms with E-state index in [0.29, 0.717) is 38.7 Å². The molecule has 1 aliphatic rings. The number of hydrogen-bond donors (Lipinski definition) is 1. The molecule has 1 fully saturated rings. The van der Waals surface area contributed by atoms with Crippen LogP contribution in [0.4, 0.5) is 0 Å². The summed E-state index contributed by atoms with van der Waals surface area (Å²) in [6.07, 6.45) is 15.3. The standard InChI is InChI=1S/C23H45NO4S2.C4H9.C2H6.CH3.U/c1-3-4-5-6-7-8-9-10-11-12-17-29-30-18-14-23(25)24-15-13-16-28-22-20-27-19-21(22)26-2;1-4(2)3;1-2;;/h21-22H,3-20H2,1-2H3,(H,24,25);4H,1H2,2-3H3;1-2H3;1H3;/q;-1;;-1;+2. The fraction of sp³-hybridized carbons (Fsp3) is 0.900. The van der Waals surface area contributed by atoms with Crippen molar-refractivity contribution in [1.29, 1.82) is 0 Å². The number of methoxy groups -OCH3 is 1. The molecule has 0 aliphatic carbocycles. The molecule has 0 bridgehead atoms.